The van der Waals surface area contributed by atoms with Crippen molar-refractivity contribution in [3.8, 4) is 0 Å². The van der Waals surface area contributed by atoms with Crippen molar-refractivity contribution in [2.24, 2.45) is 0 Å². The molecule has 0 radical (unpaired) electrons. The summed E-state index contributed by atoms with van der Waals surface area (Å²) in [6.45, 7) is 3.90. The number of anilines is 2. The molecule has 1 aliphatic heterocycles. The summed E-state index contributed by atoms with van der Waals surface area (Å²) in [6.07, 6.45) is 9.84. The van der Waals surface area contributed by atoms with Gasteiger partial charge in [0.1, 0.15) is 0 Å². The molecule has 2 aliphatic rings. The summed E-state index contributed by atoms with van der Waals surface area (Å²) in [7, 11) is 0. The molecule has 1 saturated heterocycles. The molecule has 0 amide bonds. The van der Waals surface area contributed by atoms with Crippen LogP contribution in [0.5, 0.6) is 0 Å². The van der Waals surface area contributed by atoms with Crippen LogP contribution < -0.4 is 15.5 Å². The molecular formula is C20H22N6. The Morgan fingerprint density at radius 3 is 2.85 bits per heavy atom. The van der Waals surface area contributed by atoms with Crippen molar-refractivity contribution in [1.82, 2.24) is 20.3 Å². The topological polar surface area (TPSA) is 66.0 Å². The quantitative estimate of drug-likeness (QED) is 0.757. The lowest BCUT2D eigenvalue weighted by Gasteiger charge is -2.36. The number of pyridine rings is 1. The molecule has 5 rings (SSSR count). The van der Waals surface area contributed by atoms with Crippen LogP contribution in [0.4, 0.5) is 11.4 Å². The van der Waals surface area contributed by atoms with Gasteiger partial charge in [-0.1, -0.05) is 6.07 Å². The summed E-state index contributed by atoms with van der Waals surface area (Å²) in [5.41, 5.74) is 5.73. The zero-order valence-corrected chi connectivity index (χ0v) is 14.7. The number of hydrogen-bond donors (Lipinski definition) is 2. The van der Waals surface area contributed by atoms with E-state index in [0.717, 1.165) is 42.9 Å². The molecule has 1 aliphatic carbocycles. The maximum absolute atomic E-state index is 4.39. The zero-order chi connectivity index (χ0) is 17.4. The molecule has 6 nitrogen and oxygen atoms in total. The molecule has 2 N–H and O–H groups in total. The van der Waals surface area contributed by atoms with Crippen LogP contribution in [0.1, 0.15) is 18.4 Å². The lowest BCUT2D eigenvalue weighted by Crippen LogP contribution is -2.52. The van der Waals surface area contributed by atoms with Crippen LogP contribution in [0.3, 0.4) is 0 Å². The molecule has 132 valence electrons. The maximum Gasteiger partial charge on any atom is 0.0890 e. The van der Waals surface area contributed by atoms with E-state index in [2.05, 4.69) is 48.7 Å². The normalized spacial score (nSPS) is 18.2. The molecule has 3 aromatic rings. The first-order chi connectivity index (χ1) is 12.8. The fraction of sp³-hybridized carbons (Fsp3) is 0.350. The zero-order valence-electron chi connectivity index (χ0n) is 14.7. The Bertz CT molecular complexity index is 936. The fourth-order valence-corrected chi connectivity index (χ4v) is 3.76. The van der Waals surface area contributed by atoms with Crippen molar-refractivity contribution in [1.29, 1.82) is 0 Å². The van der Waals surface area contributed by atoms with Crippen LogP contribution in [-0.4, -0.2) is 40.1 Å². The molecular weight excluding hydrogens is 324 g/mol. The van der Waals surface area contributed by atoms with E-state index in [1.807, 2.05) is 18.5 Å². The minimum Gasteiger partial charge on any atom is -0.378 e. The van der Waals surface area contributed by atoms with E-state index in [-0.39, 0.29) is 0 Å². The van der Waals surface area contributed by atoms with Crippen molar-refractivity contribution in [2.45, 2.75) is 24.9 Å². The van der Waals surface area contributed by atoms with Gasteiger partial charge in [-0.15, -0.1) is 0 Å². The van der Waals surface area contributed by atoms with Crippen molar-refractivity contribution in [2.75, 3.05) is 29.9 Å². The molecule has 0 atom stereocenters. The fourth-order valence-electron chi connectivity index (χ4n) is 3.76. The third kappa shape index (κ3) is 2.97. The van der Waals surface area contributed by atoms with Crippen molar-refractivity contribution < 1.29 is 0 Å². The summed E-state index contributed by atoms with van der Waals surface area (Å²) >= 11 is 0. The van der Waals surface area contributed by atoms with Gasteiger partial charge in [-0.05, 0) is 36.6 Å². The number of rotatable bonds is 4. The Morgan fingerprint density at radius 2 is 1.96 bits per heavy atom. The van der Waals surface area contributed by atoms with Gasteiger partial charge >= 0.3 is 0 Å². The molecule has 0 unspecified atom stereocenters. The summed E-state index contributed by atoms with van der Waals surface area (Å²) < 4.78 is 0. The van der Waals surface area contributed by atoms with Gasteiger partial charge in [0.05, 0.1) is 28.6 Å². The van der Waals surface area contributed by atoms with Crippen molar-refractivity contribution in [3.63, 3.8) is 0 Å². The van der Waals surface area contributed by atoms with Gasteiger partial charge in [-0.3, -0.25) is 15.0 Å². The van der Waals surface area contributed by atoms with Crippen LogP contribution in [0.15, 0.2) is 49.1 Å². The third-order valence-corrected chi connectivity index (χ3v) is 5.38. The standard InChI is InChI=1S/C20H22N6/c1-2-16-17(23-8-7-22-16)11-15(1)12-24-18-13-21-6-3-19(18)26-10-9-25-20(14-26)4-5-20/h1-3,6-8,11,13,24-25H,4-5,9-10,12,14H2. The summed E-state index contributed by atoms with van der Waals surface area (Å²) in [5.74, 6) is 0. The Hall–Kier alpha value is -2.73. The highest BCUT2D eigenvalue weighted by Crippen LogP contribution is 2.39. The van der Waals surface area contributed by atoms with Gasteiger partial charge in [0.2, 0.25) is 0 Å². The van der Waals surface area contributed by atoms with Gasteiger partial charge < -0.3 is 15.5 Å². The van der Waals surface area contributed by atoms with E-state index in [1.165, 1.54) is 24.1 Å². The predicted octanol–water partition coefficient (Wildman–Crippen LogP) is 2.58. The minimum atomic E-state index is 0.357. The highest BCUT2D eigenvalue weighted by atomic mass is 15.3. The largest absolute Gasteiger partial charge is 0.378 e. The highest BCUT2D eigenvalue weighted by molar-refractivity contribution is 5.75. The lowest BCUT2D eigenvalue weighted by atomic mass is 10.1. The van der Waals surface area contributed by atoms with E-state index < -0.39 is 0 Å². The van der Waals surface area contributed by atoms with Gasteiger partial charge in [-0.2, -0.15) is 0 Å². The van der Waals surface area contributed by atoms with E-state index in [9.17, 15) is 0 Å². The van der Waals surface area contributed by atoms with Crippen molar-refractivity contribution in [3.05, 3.63) is 54.6 Å². The van der Waals surface area contributed by atoms with Crippen LogP contribution in [0, 0.1) is 0 Å². The SMILES string of the molecule is c1cc(N2CCNC3(CC3)C2)c(NCc2ccc3nccnc3c2)cn1. The third-order valence-electron chi connectivity index (χ3n) is 5.38. The smallest absolute Gasteiger partial charge is 0.0890 e. The summed E-state index contributed by atoms with van der Waals surface area (Å²) in [5, 5.41) is 7.24. The molecule has 2 aromatic heterocycles. The second-order valence-electron chi connectivity index (χ2n) is 7.25. The molecule has 1 aromatic carbocycles. The van der Waals surface area contributed by atoms with Gasteiger partial charge in [-0.25, -0.2) is 0 Å². The van der Waals surface area contributed by atoms with Crippen LogP contribution >= 0.6 is 0 Å². The number of nitrogens with zero attached hydrogens (tertiary/aromatic N) is 4. The maximum atomic E-state index is 4.39. The van der Waals surface area contributed by atoms with E-state index in [1.54, 1.807) is 12.4 Å². The number of fused-ring (bicyclic) bond motifs is 1. The predicted molar refractivity (Wildman–Crippen MR) is 103 cm³/mol. The average molecular weight is 346 g/mol. The van der Waals surface area contributed by atoms with E-state index in [0.29, 0.717) is 5.54 Å². The van der Waals surface area contributed by atoms with Crippen LogP contribution in [0.25, 0.3) is 11.0 Å². The molecule has 3 heterocycles. The monoisotopic (exact) mass is 346 g/mol. The Balaban J connectivity index is 1.35. The number of nitrogens with one attached hydrogen (secondary N) is 2. The number of aromatic nitrogens is 3. The first kappa shape index (κ1) is 15.5. The molecule has 0 bridgehead atoms. The van der Waals surface area contributed by atoms with Crippen LogP contribution in [0.2, 0.25) is 0 Å². The average Bonchev–Trinajstić information content (AvgIpc) is 3.44. The van der Waals surface area contributed by atoms with E-state index in [4.69, 9.17) is 0 Å². The van der Waals surface area contributed by atoms with Crippen molar-refractivity contribution >= 4 is 22.4 Å². The van der Waals surface area contributed by atoms with Gasteiger partial charge in [0.15, 0.2) is 0 Å². The Morgan fingerprint density at radius 1 is 1.08 bits per heavy atom. The highest BCUT2D eigenvalue weighted by Gasteiger charge is 2.45. The Kier molecular flexibility index (Phi) is 3.71. The summed E-state index contributed by atoms with van der Waals surface area (Å²) in [6, 6.07) is 8.34. The number of piperazine rings is 1. The number of hydrogen-bond acceptors (Lipinski definition) is 6. The second-order valence-corrected chi connectivity index (χ2v) is 7.25. The molecule has 1 saturated carbocycles. The molecule has 6 heteroatoms. The van der Waals surface area contributed by atoms with Gasteiger partial charge in [0, 0.05) is 50.3 Å². The first-order valence-electron chi connectivity index (χ1n) is 9.19. The van der Waals surface area contributed by atoms with Gasteiger partial charge in [0.25, 0.3) is 0 Å². The molecule has 2 fully saturated rings. The number of benzene rings is 1. The van der Waals surface area contributed by atoms with E-state index >= 15 is 0 Å². The lowest BCUT2D eigenvalue weighted by molar-refractivity contribution is 0.442. The molecule has 26 heavy (non-hydrogen) atoms. The second kappa shape index (κ2) is 6.21. The minimum absolute atomic E-state index is 0.357. The Labute approximate surface area is 152 Å². The molecule has 1 spiro atoms. The van der Waals surface area contributed by atoms with Crippen LogP contribution in [-0.2, 0) is 6.54 Å². The first-order valence-corrected chi connectivity index (χ1v) is 9.19. The summed E-state index contributed by atoms with van der Waals surface area (Å²) in [4.78, 5) is 15.5.